The lowest BCUT2D eigenvalue weighted by Gasteiger charge is -2.13. The summed E-state index contributed by atoms with van der Waals surface area (Å²) in [5, 5.41) is 4.07. The molecule has 0 spiro atoms. The van der Waals surface area contributed by atoms with Gasteiger partial charge in [-0.3, -0.25) is 9.36 Å². The molecule has 1 aromatic heterocycles. The van der Waals surface area contributed by atoms with Gasteiger partial charge in [0.15, 0.2) is 0 Å². The summed E-state index contributed by atoms with van der Waals surface area (Å²) >= 11 is 5.86. The number of benzene rings is 1. The minimum Gasteiger partial charge on any atom is -0.300 e. The van der Waals surface area contributed by atoms with E-state index >= 15 is 0 Å². The maximum absolute atomic E-state index is 12.1. The van der Waals surface area contributed by atoms with Crippen LogP contribution in [0.1, 0.15) is 13.1 Å². The fourth-order valence-corrected chi connectivity index (χ4v) is 1.70. The van der Waals surface area contributed by atoms with E-state index in [-0.39, 0.29) is 11.7 Å². The number of aromatic nitrogens is 2. The van der Waals surface area contributed by atoms with E-state index in [9.17, 15) is 4.79 Å². The Hall–Kier alpha value is -1.39. The second-order valence-electron chi connectivity index (χ2n) is 3.58. The van der Waals surface area contributed by atoms with Gasteiger partial charge in [0.1, 0.15) is 0 Å². The molecule has 2 aromatic rings. The minimum absolute atomic E-state index is 0.0886. The molecule has 0 aliphatic carbocycles. The molecule has 0 bridgehead atoms. The van der Waals surface area contributed by atoms with E-state index in [0.29, 0.717) is 15.9 Å². The summed E-state index contributed by atoms with van der Waals surface area (Å²) in [5.74, 6) is 0. The number of rotatable bonds is 2. The van der Waals surface area contributed by atoms with Crippen molar-refractivity contribution in [2.45, 2.75) is 13.1 Å². The van der Waals surface area contributed by atoms with Crippen molar-refractivity contribution < 1.29 is 0 Å². The monoisotopic (exact) mass is 237 g/mol. The number of hydrogen-bond acceptors (Lipinski definition) is 3. The molecule has 16 heavy (non-hydrogen) atoms. The minimum atomic E-state index is -0.0941. The standard InChI is InChI=1S/C11H12ClN3O/c1-7(13-2)15-6-14-10-4-3-8(12)5-9(10)11(15)16/h3-7,13H,1-2H3. The summed E-state index contributed by atoms with van der Waals surface area (Å²) in [7, 11) is 1.79. The van der Waals surface area contributed by atoms with Gasteiger partial charge in [0, 0.05) is 5.02 Å². The lowest BCUT2D eigenvalue weighted by Crippen LogP contribution is -2.30. The van der Waals surface area contributed by atoms with Gasteiger partial charge < -0.3 is 5.32 Å². The van der Waals surface area contributed by atoms with Crippen molar-refractivity contribution in [2.24, 2.45) is 0 Å². The maximum atomic E-state index is 12.1. The lowest BCUT2D eigenvalue weighted by atomic mass is 10.2. The van der Waals surface area contributed by atoms with Crippen LogP contribution in [-0.4, -0.2) is 16.6 Å². The zero-order chi connectivity index (χ0) is 11.7. The highest BCUT2D eigenvalue weighted by atomic mass is 35.5. The van der Waals surface area contributed by atoms with Crippen molar-refractivity contribution in [1.82, 2.24) is 14.9 Å². The first kappa shape index (κ1) is 11.1. The molecule has 0 saturated heterocycles. The molecule has 0 fully saturated rings. The lowest BCUT2D eigenvalue weighted by molar-refractivity contribution is 0.460. The van der Waals surface area contributed by atoms with Crippen LogP contribution in [0.2, 0.25) is 5.02 Å². The van der Waals surface area contributed by atoms with Crippen molar-refractivity contribution in [1.29, 1.82) is 0 Å². The molecular formula is C11H12ClN3O. The van der Waals surface area contributed by atoms with E-state index in [1.165, 1.54) is 0 Å². The summed E-state index contributed by atoms with van der Waals surface area (Å²) in [4.78, 5) is 16.3. The Kier molecular flexibility index (Phi) is 2.94. The Bertz CT molecular complexity index is 579. The van der Waals surface area contributed by atoms with Gasteiger partial charge in [0.05, 0.1) is 23.4 Å². The predicted octanol–water partition coefficient (Wildman–Crippen LogP) is 1.79. The normalized spacial score (nSPS) is 12.9. The molecule has 0 radical (unpaired) electrons. The van der Waals surface area contributed by atoms with Gasteiger partial charge in [0.25, 0.3) is 5.56 Å². The third kappa shape index (κ3) is 1.81. The SMILES string of the molecule is CNC(C)n1cnc2ccc(Cl)cc2c1=O. The molecule has 2 rings (SSSR count). The number of halogens is 1. The zero-order valence-electron chi connectivity index (χ0n) is 9.07. The van der Waals surface area contributed by atoms with Gasteiger partial charge in [0.2, 0.25) is 0 Å². The number of hydrogen-bond donors (Lipinski definition) is 1. The Morgan fingerprint density at radius 3 is 2.94 bits per heavy atom. The molecule has 0 saturated carbocycles. The van der Waals surface area contributed by atoms with E-state index in [1.54, 1.807) is 36.1 Å². The van der Waals surface area contributed by atoms with Crippen LogP contribution in [0.3, 0.4) is 0 Å². The van der Waals surface area contributed by atoms with Gasteiger partial charge >= 0.3 is 0 Å². The van der Waals surface area contributed by atoms with E-state index in [2.05, 4.69) is 10.3 Å². The molecule has 4 nitrogen and oxygen atoms in total. The highest BCUT2D eigenvalue weighted by molar-refractivity contribution is 6.31. The second kappa shape index (κ2) is 4.23. The fraction of sp³-hybridized carbons (Fsp3) is 0.273. The Labute approximate surface area is 97.9 Å². The molecule has 1 aromatic carbocycles. The molecule has 5 heteroatoms. The highest BCUT2D eigenvalue weighted by Crippen LogP contribution is 2.14. The van der Waals surface area contributed by atoms with Crippen LogP contribution in [-0.2, 0) is 0 Å². The van der Waals surface area contributed by atoms with E-state index in [1.807, 2.05) is 6.92 Å². The summed E-state index contributed by atoms with van der Waals surface area (Å²) in [6.07, 6.45) is 1.45. The summed E-state index contributed by atoms with van der Waals surface area (Å²) < 4.78 is 1.54. The number of nitrogens with one attached hydrogen (secondary N) is 1. The topological polar surface area (TPSA) is 46.9 Å². The van der Waals surface area contributed by atoms with Crippen molar-refractivity contribution in [3.8, 4) is 0 Å². The molecule has 1 atom stereocenters. The van der Waals surface area contributed by atoms with E-state index < -0.39 is 0 Å². The van der Waals surface area contributed by atoms with Crippen molar-refractivity contribution >= 4 is 22.5 Å². The molecular weight excluding hydrogens is 226 g/mol. The quantitative estimate of drug-likeness (QED) is 0.866. The van der Waals surface area contributed by atoms with Crippen LogP contribution >= 0.6 is 11.6 Å². The first-order valence-electron chi connectivity index (χ1n) is 4.97. The molecule has 84 valence electrons. The zero-order valence-corrected chi connectivity index (χ0v) is 9.82. The van der Waals surface area contributed by atoms with Gasteiger partial charge in [-0.2, -0.15) is 0 Å². The Morgan fingerprint density at radius 1 is 1.50 bits per heavy atom. The van der Waals surface area contributed by atoms with Crippen molar-refractivity contribution in [3.05, 3.63) is 39.9 Å². The molecule has 0 aliphatic heterocycles. The van der Waals surface area contributed by atoms with Crippen LogP contribution < -0.4 is 10.9 Å². The van der Waals surface area contributed by atoms with E-state index in [4.69, 9.17) is 11.6 Å². The fourth-order valence-electron chi connectivity index (χ4n) is 1.52. The third-order valence-corrected chi connectivity index (χ3v) is 2.81. The third-order valence-electron chi connectivity index (χ3n) is 2.58. The van der Waals surface area contributed by atoms with Gasteiger partial charge in [-0.15, -0.1) is 0 Å². The Balaban J connectivity index is 2.73. The first-order valence-corrected chi connectivity index (χ1v) is 5.35. The molecule has 1 unspecified atom stereocenters. The van der Waals surface area contributed by atoms with Crippen LogP contribution in [0.15, 0.2) is 29.3 Å². The van der Waals surface area contributed by atoms with Crippen LogP contribution in [0.4, 0.5) is 0 Å². The predicted molar refractivity (Wildman–Crippen MR) is 64.8 cm³/mol. The van der Waals surface area contributed by atoms with Gasteiger partial charge in [-0.05, 0) is 32.2 Å². The molecule has 1 N–H and O–H groups in total. The van der Waals surface area contributed by atoms with Crippen molar-refractivity contribution in [3.63, 3.8) is 0 Å². The molecule has 1 heterocycles. The smallest absolute Gasteiger partial charge is 0.262 e. The molecule has 0 amide bonds. The van der Waals surface area contributed by atoms with Crippen molar-refractivity contribution in [2.75, 3.05) is 7.05 Å². The van der Waals surface area contributed by atoms with Crippen LogP contribution in [0, 0.1) is 0 Å². The largest absolute Gasteiger partial charge is 0.300 e. The number of fused-ring (bicyclic) bond motifs is 1. The first-order chi connectivity index (χ1) is 7.63. The van der Waals surface area contributed by atoms with E-state index in [0.717, 1.165) is 0 Å². The second-order valence-corrected chi connectivity index (χ2v) is 4.02. The van der Waals surface area contributed by atoms with Gasteiger partial charge in [-0.1, -0.05) is 11.6 Å². The van der Waals surface area contributed by atoms with Crippen LogP contribution in [0.5, 0.6) is 0 Å². The summed E-state index contributed by atoms with van der Waals surface area (Å²) in [6.45, 7) is 1.89. The highest BCUT2D eigenvalue weighted by Gasteiger charge is 2.08. The average Bonchev–Trinajstić information content (AvgIpc) is 2.29. The Morgan fingerprint density at radius 2 is 2.25 bits per heavy atom. The van der Waals surface area contributed by atoms with Gasteiger partial charge in [-0.25, -0.2) is 4.98 Å². The molecule has 0 aliphatic rings. The summed E-state index contributed by atoms with van der Waals surface area (Å²) in [5.41, 5.74) is 0.573. The number of nitrogens with zero attached hydrogens (tertiary/aromatic N) is 2. The maximum Gasteiger partial charge on any atom is 0.262 e. The van der Waals surface area contributed by atoms with Crippen LogP contribution in [0.25, 0.3) is 10.9 Å². The average molecular weight is 238 g/mol. The summed E-state index contributed by atoms with van der Waals surface area (Å²) in [6, 6.07) is 5.11.